The van der Waals surface area contributed by atoms with Crippen LogP contribution in [0.2, 0.25) is 0 Å². The molecule has 2 rings (SSSR count). The number of fused-ring (bicyclic) bond motifs is 1. The number of hydrogen-bond acceptors (Lipinski definition) is 16. The molecule has 15 N–H and O–H groups in total. The molecule has 1 fully saturated rings. The highest BCUT2D eigenvalue weighted by Gasteiger charge is 2.66. The molecule has 0 aromatic rings. The number of esters is 1. The molecule has 350 valence electrons. The van der Waals surface area contributed by atoms with E-state index < -0.39 is 125 Å². The second-order valence-corrected chi connectivity index (χ2v) is 15.7. The molecule has 2 aliphatic heterocycles. The van der Waals surface area contributed by atoms with Crippen molar-refractivity contribution in [1.82, 2.24) is 42.1 Å². The Kier molecular flexibility index (Phi) is 20.4. The number of carbonyl (C=O) groups excluding carboxylic acids is 10. The number of β-lactam (4-membered cyclic amide) rings is 1. The number of aliphatic imine (C=N–C) groups is 1. The molecular formula is C36H56N12O14S. The quantitative estimate of drug-likeness (QED) is 0.00732. The molecule has 0 aromatic carbocycles. The van der Waals surface area contributed by atoms with Gasteiger partial charge in [-0.1, -0.05) is 0 Å². The van der Waals surface area contributed by atoms with Gasteiger partial charge >= 0.3 is 11.9 Å². The number of amides is 9. The van der Waals surface area contributed by atoms with Crippen LogP contribution in [0.15, 0.2) is 16.3 Å². The van der Waals surface area contributed by atoms with Crippen molar-refractivity contribution in [1.29, 1.82) is 0 Å². The summed E-state index contributed by atoms with van der Waals surface area (Å²) >= 11 is 0.942. The molecule has 9 amide bonds. The summed E-state index contributed by atoms with van der Waals surface area (Å²) < 4.78 is 5.32. The first-order valence-electron chi connectivity index (χ1n) is 19.5. The maximum atomic E-state index is 13.6. The van der Waals surface area contributed by atoms with Gasteiger partial charge in [-0.05, 0) is 46.5 Å². The molecule has 27 heteroatoms. The van der Waals surface area contributed by atoms with E-state index in [1.807, 2.05) is 0 Å². The Balaban J connectivity index is 2.12. The van der Waals surface area contributed by atoms with Crippen molar-refractivity contribution in [3.8, 4) is 0 Å². The predicted octanol–water partition coefficient (Wildman–Crippen LogP) is -5.67. The zero-order valence-corrected chi connectivity index (χ0v) is 36.1. The van der Waals surface area contributed by atoms with Crippen molar-refractivity contribution in [3.63, 3.8) is 0 Å². The maximum absolute atomic E-state index is 13.6. The molecule has 8 atom stereocenters. The number of guanidine groups is 1. The molecule has 26 nitrogen and oxygen atoms in total. The molecule has 0 bridgehead atoms. The largest absolute Gasteiger partial charge is 0.477 e. The third kappa shape index (κ3) is 15.5. The number of thioether (sulfide) groups is 1. The average Bonchev–Trinajstić information content (AvgIpc) is 3.18. The lowest BCUT2D eigenvalue weighted by Crippen LogP contribution is -2.85. The Labute approximate surface area is 365 Å². The van der Waals surface area contributed by atoms with Crippen molar-refractivity contribution < 1.29 is 67.7 Å². The molecule has 2 aliphatic rings. The Bertz CT molecular complexity index is 1860. The zero-order valence-electron chi connectivity index (χ0n) is 35.3. The Morgan fingerprint density at radius 3 is 2.11 bits per heavy atom. The van der Waals surface area contributed by atoms with Crippen LogP contribution in [0.4, 0.5) is 0 Å². The van der Waals surface area contributed by atoms with Crippen molar-refractivity contribution in [2.24, 2.45) is 22.2 Å². The fourth-order valence-electron chi connectivity index (χ4n) is 6.34. The van der Waals surface area contributed by atoms with Crippen LogP contribution < -0.4 is 54.4 Å². The Morgan fingerprint density at radius 1 is 0.921 bits per heavy atom. The van der Waals surface area contributed by atoms with E-state index in [9.17, 15) is 63.0 Å². The number of aliphatic hydroxyl groups excluding tert-OH is 1. The lowest BCUT2D eigenvalue weighted by atomic mass is 9.94. The third-order valence-corrected chi connectivity index (χ3v) is 10.9. The number of hydrogen-bond donors (Lipinski definition) is 12. The fourth-order valence-corrected chi connectivity index (χ4v) is 7.75. The summed E-state index contributed by atoms with van der Waals surface area (Å²) in [4.78, 5) is 140. The maximum Gasteiger partial charge on any atom is 0.352 e. The molecule has 0 saturated carbocycles. The number of ether oxygens (including phenoxy) is 1. The van der Waals surface area contributed by atoms with Gasteiger partial charge in [0, 0.05) is 44.2 Å². The number of carboxylic acid groups (broad SMARTS) is 1. The summed E-state index contributed by atoms with van der Waals surface area (Å²) in [5.41, 5.74) is 13.4. The summed E-state index contributed by atoms with van der Waals surface area (Å²) in [7, 11) is 0. The smallest absolute Gasteiger partial charge is 0.352 e. The number of carboxylic acids is 1. The summed E-state index contributed by atoms with van der Waals surface area (Å²) in [5, 5.41) is 36.9. The third-order valence-electron chi connectivity index (χ3n) is 9.48. The van der Waals surface area contributed by atoms with Crippen LogP contribution in [-0.4, -0.2) is 153 Å². The van der Waals surface area contributed by atoms with Gasteiger partial charge in [-0.3, -0.25) is 63.2 Å². The Morgan fingerprint density at radius 2 is 1.54 bits per heavy atom. The van der Waals surface area contributed by atoms with E-state index in [2.05, 4.69) is 42.2 Å². The number of nitrogens with zero attached hydrogens (tertiary/aromatic N) is 2. The summed E-state index contributed by atoms with van der Waals surface area (Å²) in [5.74, 6) is -8.95. The van der Waals surface area contributed by atoms with Gasteiger partial charge in [-0.25, -0.2) is 4.79 Å². The highest BCUT2D eigenvalue weighted by Crippen LogP contribution is 2.45. The van der Waals surface area contributed by atoms with Gasteiger partial charge in [-0.2, -0.15) is 0 Å². The van der Waals surface area contributed by atoms with E-state index in [0.717, 1.165) is 16.7 Å². The highest BCUT2D eigenvalue weighted by atomic mass is 32.2. The number of nitrogens with one attached hydrogen (secondary N) is 7. The van der Waals surface area contributed by atoms with E-state index >= 15 is 0 Å². The van der Waals surface area contributed by atoms with E-state index in [1.54, 1.807) is 0 Å². The molecule has 0 spiro atoms. The van der Waals surface area contributed by atoms with Crippen LogP contribution in [-0.2, 0) is 57.5 Å². The van der Waals surface area contributed by atoms with Crippen LogP contribution in [0.1, 0.15) is 73.1 Å². The molecule has 5 unspecified atom stereocenters. The number of carbonyl (C=O) groups is 11. The lowest BCUT2D eigenvalue weighted by molar-refractivity contribution is -0.162. The zero-order chi connectivity index (χ0) is 47.8. The second-order valence-electron chi connectivity index (χ2n) is 14.6. The number of aliphatic hydroxyl groups is 1. The van der Waals surface area contributed by atoms with Crippen molar-refractivity contribution in [2.45, 2.75) is 120 Å². The molecule has 2 heterocycles. The minimum atomic E-state index is -2.05. The first kappa shape index (κ1) is 52.8. The topological polar surface area (TPSA) is 415 Å². The van der Waals surface area contributed by atoms with Crippen LogP contribution in [0.25, 0.3) is 0 Å². The van der Waals surface area contributed by atoms with E-state index in [4.69, 9.17) is 21.9 Å². The van der Waals surface area contributed by atoms with Gasteiger partial charge in [0.25, 0.3) is 5.91 Å². The molecule has 63 heavy (non-hydrogen) atoms. The van der Waals surface area contributed by atoms with Gasteiger partial charge in [0.2, 0.25) is 53.4 Å². The minimum absolute atomic E-state index is 0.0127. The van der Waals surface area contributed by atoms with Crippen LogP contribution in [0, 0.1) is 0 Å². The van der Waals surface area contributed by atoms with Gasteiger partial charge < -0.3 is 64.1 Å². The molecule has 0 aromatic heterocycles. The van der Waals surface area contributed by atoms with Gasteiger partial charge in [0.15, 0.2) is 5.96 Å². The van der Waals surface area contributed by atoms with Crippen LogP contribution in [0.5, 0.6) is 0 Å². The molecule has 0 aliphatic carbocycles. The highest BCUT2D eigenvalue weighted by molar-refractivity contribution is 8.00. The number of aliphatic carboxylic acids is 1. The van der Waals surface area contributed by atoms with Crippen molar-refractivity contribution in [2.75, 3.05) is 18.9 Å². The number of primary amides is 1. The monoisotopic (exact) mass is 912 g/mol. The van der Waals surface area contributed by atoms with E-state index in [-0.39, 0.29) is 62.3 Å². The SMILES string of the molecule is CC(=O)NC(CCCC(=O)NC1(NC=O)C(=O)N2C(C(=O)O)=C(COC(=O)CC(O)C(CCCN=C(N)N)N[C@@H](C)C(=O)NC(=O)[C@H](C)NC(=O)[C@H](C)NC(C)=O)CSC21)C(N)=O. The average molecular weight is 913 g/mol. The Hall–Kier alpha value is -6.35. The lowest BCUT2D eigenvalue weighted by Gasteiger charge is -2.56. The molecular weight excluding hydrogens is 857 g/mol. The van der Waals surface area contributed by atoms with Gasteiger partial charge in [0.1, 0.15) is 35.8 Å². The van der Waals surface area contributed by atoms with Crippen molar-refractivity contribution >= 4 is 83.3 Å². The van der Waals surface area contributed by atoms with Gasteiger partial charge in [-0.15, -0.1) is 11.8 Å². The second kappa shape index (κ2) is 24.3. The minimum Gasteiger partial charge on any atom is -0.477 e. The molecule has 0 radical (unpaired) electrons. The predicted molar refractivity (Wildman–Crippen MR) is 220 cm³/mol. The summed E-state index contributed by atoms with van der Waals surface area (Å²) in [6, 6.07) is -5.37. The van der Waals surface area contributed by atoms with Crippen molar-refractivity contribution in [3.05, 3.63) is 11.3 Å². The van der Waals surface area contributed by atoms with Crippen LogP contribution >= 0.6 is 11.8 Å². The standard InChI is InChI=1S/C36H56N12O14S/c1-16(42-19(4)50)29(56)44-18(3)31(58)46-30(57)17(2)43-22(9-7-11-40-35(38)39)24(52)12-26(54)62-13-21-14-63-34-36(41-15-49,33(61)48(34)27(21)32(59)60)47-25(53)10-6-8-23(28(37)55)45-20(5)51/h15-18,22-24,34,43,52H,6-14H2,1-5H3,(H2,37,55)(H,41,49)(H,42,50)(H,44,56)(H,45,51)(H,47,53)(H,59,60)(H4,38,39,40)(H,46,57,58)/t16-,17-,18-,22?,23?,24?,34?,36?/m0/s1. The van der Waals surface area contributed by atoms with Crippen LogP contribution in [0.3, 0.4) is 0 Å². The number of rotatable bonds is 26. The summed E-state index contributed by atoms with van der Waals surface area (Å²) in [6.45, 7) is 5.93. The van der Waals surface area contributed by atoms with E-state index in [1.165, 1.54) is 34.6 Å². The van der Waals surface area contributed by atoms with Gasteiger partial charge in [0.05, 0.1) is 18.6 Å². The first-order chi connectivity index (χ1) is 29.4. The van der Waals surface area contributed by atoms with E-state index in [0.29, 0.717) is 0 Å². The first-order valence-corrected chi connectivity index (χ1v) is 20.6. The fraction of sp³-hybridized carbons (Fsp3) is 0.611. The number of imide groups is 1. The number of nitrogens with two attached hydrogens (primary N) is 3. The summed E-state index contributed by atoms with van der Waals surface area (Å²) in [6.07, 6.45) is -1.97. The molecule has 1 saturated heterocycles. The normalized spacial score (nSPS) is 19.4.